The molecule has 0 rings (SSSR count). The molecule has 0 spiro atoms. The second kappa shape index (κ2) is 39.4. The number of hydrogen-bond acceptors (Lipinski definition) is 6. The number of phosphoric acid groups is 1. The lowest BCUT2D eigenvalue weighted by Gasteiger charge is -2.29. The number of unbranched alkanes of at least 4 members (excludes halogenated alkanes) is 28. The second-order valence-corrected chi connectivity index (χ2v) is 18.9. The molecule has 0 fully saturated rings. The summed E-state index contributed by atoms with van der Waals surface area (Å²) in [6.45, 7) is 4.58. The van der Waals surface area contributed by atoms with Gasteiger partial charge < -0.3 is 28.8 Å². The minimum atomic E-state index is -4.58. The molecule has 0 aromatic heterocycles. The average molecular weight is 813 g/mol. The first-order valence-electron chi connectivity index (χ1n) is 23.7. The van der Waals surface area contributed by atoms with Crippen LogP contribution < -0.4 is 10.2 Å². The minimum absolute atomic E-state index is 0.00166. The number of nitrogens with zero attached hydrogens (tertiary/aromatic N) is 1. The third-order valence-electron chi connectivity index (χ3n) is 10.6. The number of amides is 1. The van der Waals surface area contributed by atoms with Gasteiger partial charge in [0.15, 0.2) is 0 Å². The quantitative estimate of drug-likeness (QED) is 0.0275. The topological polar surface area (TPSA) is 108 Å². The summed E-state index contributed by atoms with van der Waals surface area (Å²) in [4.78, 5) is 25.2. The molecule has 0 aromatic carbocycles. The molecule has 1 amide bonds. The van der Waals surface area contributed by atoms with E-state index in [0.29, 0.717) is 17.4 Å². The van der Waals surface area contributed by atoms with Crippen LogP contribution in [0.15, 0.2) is 24.3 Å². The van der Waals surface area contributed by atoms with Gasteiger partial charge in [-0.2, -0.15) is 0 Å². The van der Waals surface area contributed by atoms with Crippen molar-refractivity contribution in [1.82, 2.24) is 5.32 Å². The summed E-state index contributed by atoms with van der Waals surface area (Å²) in [5, 5.41) is 13.8. The zero-order valence-electron chi connectivity index (χ0n) is 37.6. The van der Waals surface area contributed by atoms with Gasteiger partial charge in [-0.25, -0.2) is 0 Å². The predicted octanol–water partition coefficient (Wildman–Crippen LogP) is 12.7. The number of carbonyl (C=O) groups excluding carboxylic acids is 1. The third kappa shape index (κ3) is 41.2. The van der Waals surface area contributed by atoms with Gasteiger partial charge in [0.25, 0.3) is 7.82 Å². The summed E-state index contributed by atoms with van der Waals surface area (Å²) in [6.07, 6.45) is 46.7. The highest BCUT2D eigenvalue weighted by Gasteiger charge is 2.23. The van der Waals surface area contributed by atoms with Crippen LogP contribution in [0.2, 0.25) is 0 Å². The van der Waals surface area contributed by atoms with E-state index in [9.17, 15) is 19.4 Å². The van der Waals surface area contributed by atoms with Crippen LogP contribution in [0.3, 0.4) is 0 Å². The van der Waals surface area contributed by atoms with Crippen molar-refractivity contribution in [3.63, 3.8) is 0 Å². The van der Waals surface area contributed by atoms with Crippen molar-refractivity contribution in [2.45, 2.75) is 231 Å². The fraction of sp³-hybridized carbons (Fsp3) is 0.894. The Balaban J connectivity index is 4.22. The van der Waals surface area contributed by atoms with E-state index in [1.54, 1.807) is 6.08 Å². The summed E-state index contributed by atoms with van der Waals surface area (Å²) in [6, 6.07) is -0.887. The number of aliphatic hydroxyl groups excluding tert-OH is 1. The fourth-order valence-corrected chi connectivity index (χ4v) is 7.58. The molecule has 0 saturated carbocycles. The molecule has 0 aliphatic rings. The van der Waals surface area contributed by atoms with Crippen LogP contribution in [0, 0.1) is 0 Å². The Hall–Kier alpha value is -1.02. The molecule has 0 aromatic rings. The third-order valence-corrected chi connectivity index (χ3v) is 11.6. The Morgan fingerprint density at radius 3 is 1.46 bits per heavy atom. The Labute approximate surface area is 347 Å². The lowest BCUT2D eigenvalue weighted by Crippen LogP contribution is -2.45. The van der Waals surface area contributed by atoms with Crippen LogP contribution in [0.1, 0.15) is 219 Å². The average Bonchev–Trinajstić information content (AvgIpc) is 3.15. The number of carbonyl (C=O) groups is 1. The van der Waals surface area contributed by atoms with Gasteiger partial charge in [-0.15, -0.1) is 0 Å². The van der Waals surface area contributed by atoms with Gasteiger partial charge in [0.2, 0.25) is 5.91 Å². The van der Waals surface area contributed by atoms with Crippen LogP contribution >= 0.6 is 7.82 Å². The van der Waals surface area contributed by atoms with Crippen LogP contribution in [0.25, 0.3) is 0 Å². The normalized spacial score (nSPS) is 14.5. The van der Waals surface area contributed by atoms with E-state index in [0.717, 1.165) is 64.2 Å². The molecule has 56 heavy (non-hydrogen) atoms. The van der Waals surface area contributed by atoms with E-state index in [4.69, 9.17) is 9.05 Å². The summed E-state index contributed by atoms with van der Waals surface area (Å²) >= 11 is 0. The number of likely N-dealkylation sites (N-methyl/N-ethyl adjacent to an activating group) is 1. The van der Waals surface area contributed by atoms with Crippen molar-refractivity contribution < 1.29 is 32.9 Å². The summed E-state index contributed by atoms with van der Waals surface area (Å²) in [5.74, 6) is -0.209. The number of aliphatic hydroxyl groups is 1. The monoisotopic (exact) mass is 813 g/mol. The smallest absolute Gasteiger partial charge is 0.268 e. The Morgan fingerprint density at radius 2 is 1.02 bits per heavy atom. The molecule has 0 radical (unpaired) electrons. The lowest BCUT2D eigenvalue weighted by molar-refractivity contribution is -0.870. The Bertz CT molecular complexity index is 969. The highest BCUT2D eigenvalue weighted by molar-refractivity contribution is 7.45. The molecule has 8 nitrogen and oxygen atoms in total. The summed E-state index contributed by atoms with van der Waals surface area (Å²) in [7, 11) is 1.26. The number of rotatable bonds is 43. The fourth-order valence-electron chi connectivity index (χ4n) is 6.86. The zero-order chi connectivity index (χ0) is 41.4. The van der Waals surface area contributed by atoms with Crippen molar-refractivity contribution in [3.8, 4) is 0 Å². The zero-order valence-corrected chi connectivity index (χ0v) is 38.5. The van der Waals surface area contributed by atoms with Crippen LogP contribution in [-0.2, 0) is 18.4 Å². The number of quaternary nitrogens is 1. The van der Waals surface area contributed by atoms with E-state index >= 15 is 0 Å². The lowest BCUT2D eigenvalue weighted by atomic mass is 10.0. The van der Waals surface area contributed by atoms with E-state index in [-0.39, 0.29) is 19.1 Å². The molecule has 2 N–H and O–H groups in total. The maximum atomic E-state index is 12.8. The molecule has 332 valence electrons. The first-order valence-corrected chi connectivity index (χ1v) is 25.2. The highest BCUT2D eigenvalue weighted by Crippen LogP contribution is 2.38. The SMILES string of the molecule is CCC/C=C\CCCCCCCC(=O)NC(COP(=O)([O-])OCC[N+](C)(C)C)C(O)/C=C/CCCCCCCCCCCCCCCCCCCCCCCC. The van der Waals surface area contributed by atoms with Gasteiger partial charge in [0.05, 0.1) is 39.9 Å². The first-order chi connectivity index (χ1) is 27.0. The largest absolute Gasteiger partial charge is 0.756 e. The van der Waals surface area contributed by atoms with Crippen molar-refractivity contribution in [2.75, 3.05) is 40.9 Å². The minimum Gasteiger partial charge on any atom is -0.756 e. The highest BCUT2D eigenvalue weighted by atomic mass is 31.2. The molecule has 0 aliphatic carbocycles. The maximum absolute atomic E-state index is 12.8. The standard InChI is InChI=1S/C47H93N2O6P/c1-6-8-10-12-14-16-18-19-20-21-22-23-24-25-26-27-28-29-30-31-32-34-36-38-40-46(50)45(44-55-56(52,53)54-43-42-49(3,4)5)48-47(51)41-39-37-35-33-17-15-13-11-9-7-2/h11,13,38,40,45-46,50H,6-10,12,14-37,39,41-44H2,1-5H3,(H-,48,51,52,53)/b13-11-,40-38+. The molecule has 0 bridgehead atoms. The van der Waals surface area contributed by atoms with E-state index in [1.165, 1.54) is 135 Å². The molecule has 0 saturated heterocycles. The van der Waals surface area contributed by atoms with Gasteiger partial charge >= 0.3 is 0 Å². The number of hydrogen-bond donors (Lipinski definition) is 2. The molecule has 3 unspecified atom stereocenters. The van der Waals surface area contributed by atoms with Crippen molar-refractivity contribution >= 4 is 13.7 Å². The van der Waals surface area contributed by atoms with Crippen LogP contribution in [0.5, 0.6) is 0 Å². The van der Waals surface area contributed by atoms with Crippen molar-refractivity contribution in [2.24, 2.45) is 0 Å². The first kappa shape index (κ1) is 55.0. The van der Waals surface area contributed by atoms with E-state index in [1.807, 2.05) is 27.2 Å². The summed E-state index contributed by atoms with van der Waals surface area (Å²) < 4.78 is 23.2. The molecule has 9 heteroatoms. The second-order valence-electron chi connectivity index (χ2n) is 17.5. The molecular formula is C47H93N2O6P. The van der Waals surface area contributed by atoms with Gasteiger partial charge in [0, 0.05) is 6.42 Å². The Morgan fingerprint density at radius 1 is 0.607 bits per heavy atom. The van der Waals surface area contributed by atoms with E-state index < -0.39 is 20.0 Å². The molecule has 0 aliphatic heterocycles. The predicted molar refractivity (Wildman–Crippen MR) is 238 cm³/mol. The summed E-state index contributed by atoms with van der Waals surface area (Å²) in [5.41, 5.74) is 0. The van der Waals surface area contributed by atoms with Crippen molar-refractivity contribution in [3.05, 3.63) is 24.3 Å². The Kier molecular flexibility index (Phi) is 38.7. The molecule has 0 heterocycles. The molecule has 3 atom stereocenters. The van der Waals surface area contributed by atoms with Crippen molar-refractivity contribution in [1.29, 1.82) is 0 Å². The number of phosphoric ester groups is 1. The van der Waals surface area contributed by atoms with Gasteiger partial charge in [0.1, 0.15) is 13.2 Å². The van der Waals surface area contributed by atoms with Crippen LogP contribution in [-0.4, -0.2) is 68.5 Å². The van der Waals surface area contributed by atoms with Gasteiger partial charge in [-0.1, -0.05) is 199 Å². The van der Waals surface area contributed by atoms with Crippen LogP contribution in [0.4, 0.5) is 0 Å². The number of nitrogens with one attached hydrogen (secondary N) is 1. The van der Waals surface area contributed by atoms with Gasteiger partial charge in [-0.05, 0) is 38.5 Å². The number of allylic oxidation sites excluding steroid dienone is 3. The maximum Gasteiger partial charge on any atom is 0.268 e. The van der Waals surface area contributed by atoms with Gasteiger partial charge in [-0.3, -0.25) is 9.36 Å². The molecular weight excluding hydrogens is 719 g/mol. The van der Waals surface area contributed by atoms with E-state index in [2.05, 4.69) is 31.3 Å².